The van der Waals surface area contributed by atoms with Gasteiger partial charge in [0.25, 0.3) is 5.91 Å². The number of halogens is 1. The van der Waals surface area contributed by atoms with Crippen LogP contribution < -0.4 is 10.1 Å². The number of nitrogens with one attached hydrogen (secondary N) is 1. The van der Waals surface area contributed by atoms with Gasteiger partial charge in [0.2, 0.25) is 0 Å². The predicted molar refractivity (Wildman–Crippen MR) is 130 cm³/mol. The molecule has 0 bridgehead atoms. The first-order valence-electron chi connectivity index (χ1n) is 11.0. The molecular weight excluding hydrogens is 450 g/mol. The van der Waals surface area contributed by atoms with E-state index in [2.05, 4.69) is 20.3 Å². The highest BCUT2D eigenvalue weighted by Gasteiger charge is 2.28. The van der Waals surface area contributed by atoms with Crippen LogP contribution in [0.15, 0.2) is 67.3 Å². The molecule has 0 aliphatic heterocycles. The number of rotatable bonds is 7. The Hall–Kier alpha value is -3.84. The number of ether oxygens (including phenoxy) is 1. The van der Waals surface area contributed by atoms with E-state index in [1.54, 1.807) is 44.0 Å². The van der Waals surface area contributed by atoms with E-state index in [1.807, 2.05) is 30.3 Å². The minimum absolute atomic E-state index is 0.268. The third kappa shape index (κ3) is 4.75. The summed E-state index contributed by atoms with van der Waals surface area (Å²) in [5.41, 5.74) is 4.76. The number of nitrogens with zero attached hydrogens (tertiary/aromatic N) is 4. The number of carbonyl (C=O) groups excluding carboxylic acids is 1. The first kappa shape index (κ1) is 22.0. The van der Waals surface area contributed by atoms with Crippen LogP contribution >= 0.6 is 11.6 Å². The summed E-state index contributed by atoms with van der Waals surface area (Å²) in [6.45, 7) is 0.285. The molecular formula is C26H22ClN5O2. The summed E-state index contributed by atoms with van der Waals surface area (Å²) in [6, 6.07) is 12.9. The predicted octanol–water partition coefficient (Wildman–Crippen LogP) is 5.07. The summed E-state index contributed by atoms with van der Waals surface area (Å²) >= 11 is 6.11. The van der Waals surface area contributed by atoms with Gasteiger partial charge in [-0.25, -0.2) is 0 Å². The molecule has 1 aliphatic rings. The van der Waals surface area contributed by atoms with Crippen molar-refractivity contribution in [1.29, 1.82) is 0 Å². The fraction of sp³-hybridized carbons (Fsp3) is 0.192. The molecule has 34 heavy (non-hydrogen) atoms. The Balaban J connectivity index is 1.45. The molecule has 4 aromatic rings. The van der Waals surface area contributed by atoms with E-state index in [-0.39, 0.29) is 12.5 Å². The van der Waals surface area contributed by atoms with E-state index in [0.29, 0.717) is 27.9 Å². The lowest BCUT2D eigenvalue weighted by atomic mass is 10.0. The minimum Gasteiger partial charge on any atom is -0.495 e. The molecule has 7 nitrogen and oxygen atoms in total. The van der Waals surface area contributed by atoms with Crippen molar-refractivity contribution in [3.63, 3.8) is 0 Å². The van der Waals surface area contributed by atoms with E-state index in [9.17, 15) is 4.79 Å². The molecule has 8 heteroatoms. The Morgan fingerprint density at radius 1 is 1.09 bits per heavy atom. The molecule has 1 fully saturated rings. The molecule has 170 valence electrons. The van der Waals surface area contributed by atoms with E-state index in [4.69, 9.17) is 21.3 Å². The summed E-state index contributed by atoms with van der Waals surface area (Å²) < 4.78 is 5.45. The number of amides is 1. The van der Waals surface area contributed by atoms with Crippen LogP contribution in [-0.2, 0) is 6.54 Å². The Morgan fingerprint density at radius 3 is 2.68 bits per heavy atom. The third-order valence-corrected chi connectivity index (χ3v) is 5.84. The van der Waals surface area contributed by atoms with Crippen molar-refractivity contribution in [2.45, 2.75) is 25.3 Å². The maximum atomic E-state index is 13.3. The van der Waals surface area contributed by atoms with Crippen LogP contribution in [0.5, 0.6) is 5.75 Å². The zero-order valence-electron chi connectivity index (χ0n) is 18.5. The Bertz CT molecular complexity index is 1340. The average Bonchev–Trinajstić information content (AvgIpc) is 3.73. The fourth-order valence-corrected chi connectivity index (χ4v) is 3.94. The highest BCUT2D eigenvalue weighted by molar-refractivity contribution is 6.30. The number of methoxy groups -OCH3 is 1. The van der Waals surface area contributed by atoms with Crippen molar-refractivity contribution in [2.75, 3.05) is 7.11 Å². The molecule has 4 heterocycles. The summed E-state index contributed by atoms with van der Waals surface area (Å²) in [6.07, 6.45) is 8.85. The molecule has 0 aromatic carbocycles. The van der Waals surface area contributed by atoms with E-state index >= 15 is 0 Å². The molecule has 0 radical (unpaired) electrons. The summed E-state index contributed by atoms with van der Waals surface area (Å²) in [4.78, 5) is 31.2. The summed E-state index contributed by atoms with van der Waals surface area (Å²) in [7, 11) is 1.65. The van der Waals surface area contributed by atoms with Crippen LogP contribution in [0.25, 0.3) is 22.5 Å². The maximum Gasteiger partial charge on any atom is 0.253 e. The van der Waals surface area contributed by atoms with Gasteiger partial charge in [-0.2, -0.15) is 0 Å². The molecule has 1 amide bonds. The van der Waals surface area contributed by atoms with Gasteiger partial charge in [-0.1, -0.05) is 17.7 Å². The second kappa shape index (κ2) is 9.57. The lowest BCUT2D eigenvalue weighted by molar-refractivity contribution is 0.0950. The van der Waals surface area contributed by atoms with Gasteiger partial charge in [-0.3, -0.25) is 24.7 Å². The van der Waals surface area contributed by atoms with Gasteiger partial charge >= 0.3 is 0 Å². The normalized spacial score (nSPS) is 12.9. The molecule has 0 spiro atoms. The van der Waals surface area contributed by atoms with Crippen LogP contribution in [-0.4, -0.2) is 33.0 Å². The quantitative estimate of drug-likeness (QED) is 0.404. The lowest BCUT2D eigenvalue weighted by Gasteiger charge is -2.13. The first-order chi connectivity index (χ1) is 16.6. The van der Waals surface area contributed by atoms with Gasteiger partial charge in [0.15, 0.2) is 0 Å². The topological polar surface area (TPSA) is 89.9 Å². The van der Waals surface area contributed by atoms with E-state index in [1.165, 1.54) is 0 Å². The minimum atomic E-state index is -0.268. The van der Waals surface area contributed by atoms with Gasteiger partial charge in [0.05, 0.1) is 41.3 Å². The van der Waals surface area contributed by atoms with E-state index < -0.39 is 0 Å². The summed E-state index contributed by atoms with van der Waals surface area (Å²) in [5, 5.41) is 3.50. The van der Waals surface area contributed by atoms with Crippen LogP contribution in [0.4, 0.5) is 0 Å². The van der Waals surface area contributed by atoms with Gasteiger partial charge in [-0.05, 0) is 49.2 Å². The summed E-state index contributed by atoms with van der Waals surface area (Å²) in [5.74, 6) is 0.964. The molecule has 4 aromatic heterocycles. The zero-order chi connectivity index (χ0) is 23.5. The van der Waals surface area contributed by atoms with Crippen LogP contribution in [0.3, 0.4) is 0 Å². The van der Waals surface area contributed by atoms with Crippen molar-refractivity contribution in [3.8, 4) is 28.3 Å². The zero-order valence-corrected chi connectivity index (χ0v) is 19.3. The molecule has 1 saturated carbocycles. The molecule has 1 aliphatic carbocycles. The Morgan fingerprint density at radius 2 is 1.94 bits per heavy atom. The third-order valence-electron chi connectivity index (χ3n) is 5.64. The smallest absolute Gasteiger partial charge is 0.253 e. The molecule has 0 atom stereocenters. The number of aromatic nitrogens is 4. The van der Waals surface area contributed by atoms with Crippen LogP contribution in [0.1, 0.15) is 40.5 Å². The number of hydrogen-bond donors (Lipinski definition) is 1. The van der Waals surface area contributed by atoms with E-state index in [0.717, 1.165) is 41.1 Å². The number of hydrogen-bond acceptors (Lipinski definition) is 6. The van der Waals surface area contributed by atoms with Gasteiger partial charge in [-0.15, -0.1) is 0 Å². The second-order valence-corrected chi connectivity index (χ2v) is 8.51. The van der Waals surface area contributed by atoms with Crippen molar-refractivity contribution >= 4 is 17.5 Å². The van der Waals surface area contributed by atoms with Crippen LogP contribution in [0.2, 0.25) is 5.02 Å². The Labute approximate surface area is 202 Å². The largest absolute Gasteiger partial charge is 0.495 e. The van der Waals surface area contributed by atoms with Crippen molar-refractivity contribution in [2.24, 2.45) is 0 Å². The fourth-order valence-electron chi connectivity index (χ4n) is 3.76. The van der Waals surface area contributed by atoms with Gasteiger partial charge in [0.1, 0.15) is 11.4 Å². The molecule has 0 saturated heterocycles. The molecule has 5 rings (SSSR count). The number of pyridine rings is 4. The lowest BCUT2D eigenvalue weighted by Crippen LogP contribution is -2.24. The maximum absolute atomic E-state index is 13.3. The highest BCUT2D eigenvalue weighted by Crippen LogP contribution is 2.43. The second-order valence-electron chi connectivity index (χ2n) is 8.07. The van der Waals surface area contributed by atoms with Gasteiger partial charge < -0.3 is 10.1 Å². The van der Waals surface area contributed by atoms with Crippen molar-refractivity contribution in [3.05, 3.63) is 89.2 Å². The van der Waals surface area contributed by atoms with Crippen molar-refractivity contribution < 1.29 is 9.53 Å². The standard InChI is InChI=1S/C26H22ClN5O2/c1-34-23-8-7-20(32-24(23)16-5-6-16)15-31-26(33)21-11-18(17-10-19(27)14-28-12-17)13-30-25(21)22-4-2-3-9-29-22/h2-4,7-14,16H,5-6,15H2,1H3,(H,31,33). The highest BCUT2D eigenvalue weighted by atomic mass is 35.5. The molecule has 0 unspecified atom stereocenters. The molecule has 1 N–H and O–H groups in total. The van der Waals surface area contributed by atoms with Crippen LogP contribution in [0, 0.1) is 0 Å². The SMILES string of the molecule is COc1ccc(CNC(=O)c2cc(-c3cncc(Cl)c3)cnc2-c2ccccn2)nc1C1CC1. The van der Waals surface area contributed by atoms with Crippen molar-refractivity contribution in [1.82, 2.24) is 25.3 Å². The Kier molecular flexibility index (Phi) is 6.18. The van der Waals surface area contributed by atoms with Gasteiger partial charge in [0, 0.05) is 41.8 Å². The first-order valence-corrected chi connectivity index (χ1v) is 11.3. The monoisotopic (exact) mass is 471 g/mol. The number of carbonyl (C=O) groups is 1. The average molecular weight is 472 g/mol.